The molecule has 2 nitrogen and oxygen atoms in total. The average Bonchev–Trinajstić information content (AvgIpc) is 1.99. The van der Waals surface area contributed by atoms with E-state index < -0.39 is 12.7 Å². The van der Waals surface area contributed by atoms with Gasteiger partial charge in [0.15, 0.2) is 0 Å². The van der Waals surface area contributed by atoms with Gasteiger partial charge in [-0.1, -0.05) is 11.6 Å². The van der Waals surface area contributed by atoms with Gasteiger partial charge in [-0.2, -0.15) is 13.2 Å². The minimum Gasteiger partial charge on any atom is -0.350 e. The second-order valence-electron chi connectivity index (χ2n) is 2.93. The van der Waals surface area contributed by atoms with Crippen LogP contribution < -0.4 is 4.90 Å². The molecule has 0 saturated heterocycles. The topological polar surface area (TPSA) is 16.1 Å². The predicted octanol–water partition coefficient (Wildman–Crippen LogP) is 3.50. The van der Waals surface area contributed by atoms with E-state index in [2.05, 4.69) is 20.9 Å². The third-order valence-electron chi connectivity index (χ3n) is 1.57. The Bertz CT molecular complexity index is 356. The van der Waals surface area contributed by atoms with Crippen LogP contribution >= 0.6 is 27.5 Å². The first kappa shape index (κ1) is 12.6. The molecule has 0 unspecified atom stereocenters. The number of hydrogen-bond donors (Lipinski definition) is 0. The predicted molar refractivity (Wildman–Crippen MR) is 56.3 cm³/mol. The fraction of sp³-hybridized carbons (Fsp3) is 0.375. The summed E-state index contributed by atoms with van der Waals surface area (Å²) in [6.45, 7) is -1.06. The maximum atomic E-state index is 12.1. The highest BCUT2D eigenvalue weighted by Crippen LogP contribution is 2.27. The van der Waals surface area contributed by atoms with E-state index in [9.17, 15) is 13.2 Å². The SMILES string of the molecule is CN(CC(F)(F)F)c1ncc(Cl)cc1Br. The molecule has 0 atom stereocenters. The van der Waals surface area contributed by atoms with Crippen molar-refractivity contribution in [2.24, 2.45) is 0 Å². The van der Waals surface area contributed by atoms with Gasteiger partial charge in [0.1, 0.15) is 12.4 Å². The Labute approximate surface area is 98.2 Å². The van der Waals surface area contributed by atoms with Crippen molar-refractivity contribution < 1.29 is 13.2 Å². The van der Waals surface area contributed by atoms with Gasteiger partial charge in [0, 0.05) is 13.2 Å². The van der Waals surface area contributed by atoms with Crippen LogP contribution in [0.3, 0.4) is 0 Å². The molecule has 15 heavy (non-hydrogen) atoms. The Morgan fingerprint density at radius 2 is 2.13 bits per heavy atom. The summed E-state index contributed by atoms with van der Waals surface area (Å²) >= 11 is 8.72. The molecule has 0 fully saturated rings. The number of rotatable bonds is 2. The summed E-state index contributed by atoms with van der Waals surface area (Å²) in [6.07, 6.45) is -2.95. The molecule has 0 aromatic carbocycles. The molecule has 0 aliphatic carbocycles. The second-order valence-corrected chi connectivity index (χ2v) is 4.22. The van der Waals surface area contributed by atoms with E-state index in [0.29, 0.717) is 9.50 Å². The van der Waals surface area contributed by atoms with Gasteiger partial charge in [-0.25, -0.2) is 4.98 Å². The van der Waals surface area contributed by atoms with Crippen molar-refractivity contribution in [3.8, 4) is 0 Å². The van der Waals surface area contributed by atoms with Crippen molar-refractivity contribution in [1.82, 2.24) is 4.98 Å². The highest BCUT2D eigenvalue weighted by molar-refractivity contribution is 9.10. The van der Waals surface area contributed by atoms with Gasteiger partial charge in [-0.15, -0.1) is 0 Å². The lowest BCUT2D eigenvalue weighted by molar-refractivity contribution is -0.119. The van der Waals surface area contributed by atoms with Crippen LogP contribution in [0.5, 0.6) is 0 Å². The van der Waals surface area contributed by atoms with Crippen molar-refractivity contribution in [3.63, 3.8) is 0 Å². The lowest BCUT2D eigenvalue weighted by Crippen LogP contribution is -2.31. The molecule has 1 rings (SSSR count). The molecule has 0 saturated carbocycles. The Kier molecular flexibility index (Phi) is 3.83. The summed E-state index contributed by atoms with van der Waals surface area (Å²) in [5, 5.41) is 0.367. The van der Waals surface area contributed by atoms with E-state index in [-0.39, 0.29) is 5.82 Å². The van der Waals surface area contributed by atoms with Crippen molar-refractivity contribution in [1.29, 1.82) is 0 Å². The Morgan fingerprint density at radius 1 is 1.53 bits per heavy atom. The normalized spacial score (nSPS) is 11.6. The third-order valence-corrected chi connectivity index (χ3v) is 2.36. The molecule has 0 bridgehead atoms. The van der Waals surface area contributed by atoms with E-state index in [4.69, 9.17) is 11.6 Å². The summed E-state index contributed by atoms with van der Waals surface area (Å²) in [4.78, 5) is 4.81. The van der Waals surface area contributed by atoms with Gasteiger partial charge >= 0.3 is 6.18 Å². The number of alkyl halides is 3. The second kappa shape index (κ2) is 4.57. The molecule has 0 radical (unpaired) electrons. The van der Waals surface area contributed by atoms with Crippen LogP contribution in [0.2, 0.25) is 5.02 Å². The maximum absolute atomic E-state index is 12.1. The van der Waals surface area contributed by atoms with Crippen molar-refractivity contribution in [2.45, 2.75) is 6.18 Å². The molecule has 0 aliphatic heterocycles. The Hall–Kier alpha value is -0.490. The standard InChI is InChI=1S/C8H7BrClF3N2/c1-15(4-8(11,12)13)7-6(9)2-5(10)3-14-7/h2-3H,4H2,1H3. The van der Waals surface area contributed by atoms with Gasteiger partial charge in [-0.3, -0.25) is 0 Å². The summed E-state index contributed by atoms with van der Waals surface area (Å²) in [5.74, 6) is 0.205. The first-order chi connectivity index (χ1) is 6.79. The van der Waals surface area contributed by atoms with Gasteiger partial charge in [0.05, 0.1) is 9.50 Å². The summed E-state index contributed by atoms with van der Waals surface area (Å²) in [7, 11) is 1.31. The van der Waals surface area contributed by atoms with Crippen LogP contribution in [0.4, 0.5) is 19.0 Å². The first-order valence-electron chi connectivity index (χ1n) is 3.88. The van der Waals surface area contributed by atoms with Crippen molar-refractivity contribution >= 4 is 33.3 Å². The molecule has 1 aromatic heterocycles. The minimum atomic E-state index is -4.25. The number of aromatic nitrogens is 1. The van der Waals surface area contributed by atoms with Gasteiger partial charge in [0.25, 0.3) is 0 Å². The van der Waals surface area contributed by atoms with E-state index in [0.717, 1.165) is 4.90 Å². The molecule has 1 aromatic rings. The average molecular weight is 304 g/mol. The van der Waals surface area contributed by atoms with E-state index >= 15 is 0 Å². The number of pyridine rings is 1. The number of nitrogens with zero attached hydrogens (tertiary/aromatic N) is 2. The lowest BCUT2D eigenvalue weighted by Gasteiger charge is -2.20. The Balaban J connectivity index is 2.87. The molecule has 0 aliphatic rings. The van der Waals surface area contributed by atoms with E-state index in [1.165, 1.54) is 19.3 Å². The minimum absolute atomic E-state index is 0.205. The van der Waals surface area contributed by atoms with Gasteiger partial charge < -0.3 is 4.90 Å². The number of anilines is 1. The zero-order valence-electron chi connectivity index (χ0n) is 7.65. The molecular weight excluding hydrogens is 296 g/mol. The Morgan fingerprint density at radius 3 is 2.60 bits per heavy atom. The number of halogens is 5. The van der Waals surface area contributed by atoms with Crippen LogP contribution in [0.25, 0.3) is 0 Å². The summed E-state index contributed by atoms with van der Waals surface area (Å²) in [5.41, 5.74) is 0. The zero-order valence-corrected chi connectivity index (χ0v) is 9.99. The van der Waals surface area contributed by atoms with Gasteiger partial charge in [0.2, 0.25) is 0 Å². The molecule has 0 spiro atoms. The highest BCUT2D eigenvalue weighted by Gasteiger charge is 2.30. The summed E-state index contributed by atoms with van der Waals surface area (Å²) in [6, 6.07) is 1.50. The lowest BCUT2D eigenvalue weighted by atomic mass is 10.4. The number of hydrogen-bond acceptors (Lipinski definition) is 2. The van der Waals surface area contributed by atoms with Gasteiger partial charge in [-0.05, 0) is 22.0 Å². The molecule has 7 heteroatoms. The monoisotopic (exact) mass is 302 g/mol. The van der Waals surface area contributed by atoms with Crippen LogP contribution in [0, 0.1) is 0 Å². The molecule has 0 amide bonds. The fourth-order valence-electron chi connectivity index (χ4n) is 1.03. The largest absolute Gasteiger partial charge is 0.405 e. The molecule has 1 heterocycles. The quantitative estimate of drug-likeness (QED) is 0.831. The van der Waals surface area contributed by atoms with Crippen LogP contribution in [-0.4, -0.2) is 24.8 Å². The van der Waals surface area contributed by atoms with Crippen molar-refractivity contribution in [2.75, 3.05) is 18.5 Å². The van der Waals surface area contributed by atoms with Crippen LogP contribution in [-0.2, 0) is 0 Å². The molecular formula is C8H7BrClF3N2. The molecule has 84 valence electrons. The maximum Gasteiger partial charge on any atom is 0.405 e. The van der Waals surface area contributed by atoms with Crippen LogP contribution in [0.1, 0.15) is 0 Å². The van der Waals surface area contributed by atoms with Crippen LogP contribution in [0.15, 0.2) is 16.7 Å². The smallest absolute Gasteiger partial charge is 0.350 e. The molecule has 0 N–H and O–H groups in total. The fourth-order valence-corrected chi connectivity index (χ4v) is 1.97. The van der Waals surface area contributed by atoms with E-state index in [1.54, 1.807) is 0 Å². The summed E-state index contributed by atoms with van der Waals surface area (Å²) < 4.78 is 36.7. The highest BCUT2D eigenvalue weighted by atomic mass is 79.9. The third kappa shape index (κ3) is 3.87. The zero-order chi connectivity index (χ0) is 11.6. The van der Waals surface area contributed by atoms with E-state index in [1.807, 2.05) is 0 Å². The van der Waals surface area contributed by atoms with Crippen molar-refractivity contribution in [3.05, 3.63) is 21.8 Å². The first-order valence-corrected chi connectivity index (χ1v) is 5.05.